The summed E-state index contributed by atoms with van der Waals surface area (Å²) in [7, 11) is 0. The molecule has 3 heterocycles. The highest BCUT2D eigenvalue weighted by Crippen LogP contribution is 2.24. The molecule has 5 rings (SSSR count). The lowest BCUT2D eigenvalue weighted by Gasteiger charge is -2.38. The molecule has 0 unspecified atom stereocenters. The molecule has 3 aromatic rings. The maximum Gasteiger partial charge on any atom is 0.236 e. The Kier molecular flexibility index (Phi) is 6.50. The summed E-state index contributed by atoms with van der Waals surface area (Å²) < 4.78 is 1.92. The van der Waals surface area contributed by atoms with Crippen molar-refractivity contribution >= 4 is 17.2 Å². The fourth-order valence-electron chi connectivity index (χ4n) is 4.88. The Morgan fingerprint density at radius 3 is 2.50 bits per heavy atom. The molecule has 6 heteroatoms. The van der Waals surface area contributed by atoms with Gasteiger partial charge in [0.25, 0.3) is 0 Å². The first-order valence-corrected chi connectivity index (χ1v) is 12.2. The van der Waals surface area contributed by atoms with Crippen LogP contribution < -0.4 is 4.90 Å². The van der Waals surface area contributed by atoms with E-state index in [2.05, 4.69) is 71.4 Å². The number of para-hydroxylation sites is 1. The van der Waals surface area contributed by atoms with Crippen LogP contribution in [-0.4, -0.2) is 71.3 Å². The molecule has 1 fully saturated rings. The first kappa shape index (κ1) is 22.4. The van der Waals surface area contributed by atoms with Gasteiger partial charge in [-0.1, -0.05) is 36.4 Å². The lowest BCUT2D eigenvalue weighted by molar-refractivity contribution is -0.132. The van der Waals surface area contributed by atoms with Crippen molar-refractivity contribution in [3.05, 3.63) is 83.7 Å². The topological polar surface area (TPSA) is 44.6 Å². The Labute approximate surface area is 202 Å². The number of aryl methyl sites for hydroxylation is 2. The predicted octanol–water partition coefficient (Wildman–Crippen LogP) is 3.93. The Morgan fingerprint density at radius 2 is 1.76 bits per heavy atom. The molecule has 2 aliphatic heterocycles. The average molecular weight is 456 g/mol. The Hall–Kier alpha value is -3.38. The number of hydrogen-bond donors (Lipinski definition) is 0. The number of amides is 1. The third-order valence-corrected chi connectivity index (χ3v) is 6.96. The van der Waals surface area contributed by atoms with Gasteiger partial charge >= 0.3 is 0 Å². The van der Waals surface area contributed by atoms with Crippen LogP contribution in [0, 0.1) is 13.8 Å². The van der Waals surface area contributed by atoms with Crippen molar-refractivity contribution < 1.29 is 4.79 Å². The number of carbonyl (C=O) groups excluding carboxylic acids is 1. The number of nitrogens with zero attached hydrogens (tertiary/aromatic N) is 5. The van der Waals surface area contributed by atoms with Gasteiger partial charge in [0.15, 0.2) is 0 Å². The molecule has 0 bridgehead atoms. The molecule has 2 aliphatic rings. The van der Waals surface area contributed by atoms with Crippen LogP contribution in [-0.2, 0) is 4.79 Å². The fourth-order valence-corrected chi connectivity index (χ4v) is 4.88. The minimum Gasteiger partial charge on any atom is -0.368 e. The van der Waals surface area contributed by atoms with Gasteiger partial charge in [0.05, 0.1) is 18.4 Å². The van der Waals surface area contributed by atoms with Gasteiger partial charge in [0.1, 0.15) is 0 Å². The fraction of sp³-hybridized carbons (Fsp3) is 0.357. The lowest BCUT2D eigenvalue weighted by Crippen LogP contribution is -2.51. The van der Waals surface area contributed by atoms with Gasteiger partial charge < -0.3 is 9.80 Å². The first-order chi connectivity index (χ1) is 16.6. The lowest BCUT2D eigenvalue weighted by atomic mass is 10.0. The highest BCUT2D eigenvalue weighted by atomic mass is 16.2. The van der Waals surface area contributed by atoms with E-state index in [0.717, 1.165) is 56.9 Å². The molecule has 0 radical (unpaired) electrons. The standard InChI is InChI=1S/C28H33N5O/c1-22-8-9-23(2)27(18-22)31-14-16-32(17-15-31)28(34)21-30-12-10-24(11-13-30)25-19-29-33(20-25)26-6-4-3-5-7-26/h3-10,18-20H,11-17,21H2,1-2H3. The van der Waals surface area contributed by atoms with Crippen LogP contribution in [0.3, 0.4) is 0 Å². The zero-order valence-electron chi connectivity index (χ0n) is 20.2. The Bertz CT molecular complexity index is 1170. The third kappa shape index (κ3) is 4.92. The van der Waals surface area contributed by atoms with E-state index < -0.39 is 0 Å². The normalized spacial score (nSPS) is 17.1. The average Bonchev–Trinajstić information content (AvgIpc) is 3.37. The summed E-state index contributed by atoms with van der Waals surface area (Å²) >= 11 is 0. The van der Waals surface area contributed by atoms with E-state index in [1.165, 1.54) is 22.4 Å². The molecule has 0 N–H and O–H groups in total. The largest absolute Gasteiger partial charge is 0.368 e. The van der Waals surface area contributed by atoms with E-state index in [1.54, 1.807) is 0 Å². The highest BCUT2D eigenvalue weighted by Gasteiger charge is 2.24. The number of anilines is 1. The van der Waals surface area contributed by atoms with E-state index in [1.807, 2.05) is 34.0 Å². The van der Waals surface area contributed by atoms with Gasteiger partial charge in [-0.25, -0.2) is 4.68 Å². The summed E-state index contributed by atoms with van der Waals surface area (Å²) in [6.07, 6.45) is 7.22. The van der Waals surface area contributed by atoms with E-state index in [4.69, 9.17) is 0 Å². The second-order valence-electron chi connectivity index (χ2n) is 9.38. The van der Waals surface area contributed by atoms with Crippen molar-refractivity contribution in [1.82, 2.24) is 19.6 Å². The molecule has 176 valence electrons. The van der Waals surface area contributed by atoms with Gasteiger partial charge in [-0.15, -0.1) is 0 Å². The summed E-state index contributed by atoms with van der Waals surface area (Å²) in [5.41, 5.74) is 7.43. The van der Waals surface area contributed by atoms with Crippen molar-refractivity contribution in [3.8, 4) is 5.69 Å². The van der Waals surface area contributed by atoms with Crippen molar-refractivity contribution in [1.29, 1.82) is 0 Å². The number of benzene rings is 2. The molecule has 34 heavy (non-hydrogen) atoms. The van der Waals surface area contributed by atoms with Gasteiger partial charge in [-0.05, 0) is 55.2 Å². The number of carbonyl (C=O) groups is 1. The second-order valence-corrected chi connectivity index (χ2v) is 9.38. The minimum atomic E-state index is 0.245. The second kappa shape index (κ2) is 9.85. The Balaban J connectivity index is 1.13. The Morgan fingerprint density at radius 1 is 0.971 bits per heavy atom. The van der Waals surface area contributed by atoms with Gasteiger partial charge in [0, 0.05) is 56.7 Å². The number of aromatic nitrogens is 2. The van der Waals surface area contributed by atoms with Crippen molar-refractivity contribution in [2.75, 3.05) is 50.7 Å². The van der Waals surface area contributed by atoms with Crippen LogP contribution in [0.2, 0.25) is 0 Å². The molecule has 0 saturated carbocycles. The van der Waals surface area contributed by atoms with Crippen LogP contribution >= 0.6 is 0 Å². The molecule has 0 spiro atoms. The summed E-state index contributed by atoms with van der Waals surface area (Å²) in [4.78, 5) is 19.7. The highest BCUT2D eigenvalue weighted by molar-refractivity contribution is 5.79. The van der Waals surface area contributed by atoms with Crippen molar-refractivity contribution in [2.45, 2.75) is 20.3 Å². The summed E-state index contributed by atoms with van der Waals surface area (Å²) in [5.74, 6) is 0.245. The maximum atomic E-state index is 13.0. The monoisotopic (exact) mass is 455 g/mol. The first-order valence-electron chi connectivity index (χ1n) is 12.2. The van der Waals surface area contributed by atoms with Crippen molar-refractivity contribution in [2.24, 2.45) is 0 Å². The smallest absolute Gasteiger partial charge is 0.236 e. The van der Waals surface area contributed by atoms with Crippen LogP contribution in [0.25, 0.3) is 11.3 Å². The van der Waals surface area contributed by atoms with E-state index in [9.17, 15) is 4.79 Å². The van der Waals surface area contributed by atoms with E-state index >= 15 is 0 Å². The number of rotatable bonds is 5. The van der Waals surface area contributed by atoms with Crippen LogP contribution in [0.15, 0.2) is 67.0 Å². The molecular formula is C28H33N5O. The molecule has 2 aromatic carbocycles. The summed E-state index contributed by atoms with van der Waals surface area (Å²) in [6.45, 7) is 9.87. The van der Waals surface area contributed by atoms with Crippen LogP contribution in [0.4, 0.5) is 5.69 Å². The zero-order chi connectivity index (χ0) is 23.5. The van der Waals surface area contributed by atoms with Crippen molar-refractivity contribution in [3.63, 3.8) is 0 Å². The molecule has 1 saturated heterocycles. The SMILES string of the molecule is Cc1ccc(C)c(N2CCN(C(=O)CN3CC=C(c4cnn(-c5ccccc5)c4)CC3)CC2)c1. The zero-order valence-corrected chi connectivity index (χ0v) is 20.2. The van der Waals surface area contributed by atoms with Gasteiger partial charge in [-0.3, -0.25) is 9.69 Å². The number of hydrogen-bond acceptors (Lipinski definition) is 4. The van der Waals surface area contributed by atoms with E-state index in [0.29, 0.717) is 6.54 Å². The van der Waals surface area contributed by atoms with Crippen LogP contribution in [0.1, 0.15) is 23.1 Å². The van der Waals surface area contributed by atoms with Crippen LogP contribution in [0.5, 0.6) is 0 Å². The quantitative estimate of drug-likeness (QED) is 0.585. The van der Waals surface area contributed by atoms with Gasteiger partial charge in [0.2, 0.25) is 5.91 Å². The molecule has 1 amide bonds. The predicted molar refractivity (Wildman–Crippen MR) is 137 cm³/mol. The molecular weight excluding hydrogens is 422 g/mol. The maximum absolute atomic E-state index is 13.0. The molecule has 6 nitrogen and oxygen atoms in total. The third-order valence-electron chi connectivity index (χ3n) is 6.96. The molecule has 0 atom stereocenters. The summed E-state index contributed by atoms with van der Waals surface area (Å²) in [6, 6.07) is 16.8. The molecule has 0 aliphatic carbocycles. The van der Waals surface area contributed by atoms with E-state index in [-0.39, 0.29) is 5.91 Å². The summed E-state index contributed by atoms with van der Waals surface area (Å²) in [5, 5.41) is 4.53. The number of piperazine rings is 1. The molecule has 1 aromatic heterocycles. The van der Waals surface area contributed by atoms with Gasteiger partial charge in [-0.2, -0.15) is 5.10 Å². The minimum absolute atomic E-state index is 0.245.